The lowest BCUT2D eigenvalue weighted by Gasteiger charge is -2.31. The van der Waals surface area contributed by atoms with Gasteiger partial charge >= 0.3 is 0 Å². The van der Waals surface area contributed by atoms with Crippen molar-refractivity contribution in [1.29, 1.82) is 0 Å². The second kappa shape index (κ2) is 7.26. The molecule has 0 saturated carbocycles. The lowest BCUT2D eigenvalue weighted by molar-refractivity contribution is -0.121. The highest BCUT2D eigenvalue weighted by molar-refractivity contribution is 7.92. The highest BCUT2D eigenvalue weighted by atomic mass is 32.2. The first-order valence-electron chi connectivity index (χ1n) is 8.61. The van der Waals surface area contributed by atoms with Crippen molar-refractivity contribution >= 4 is 27.3 Å². The maximum absolute atomic E-state index is 13.9. The number of benzene rings is 2. The van der Waals surface area contributed by atoms with Gasteiger partial charge in [-0.25, -0.2) is 17.2 Å². The molecule has 5 nitrogen and oxygen atoms in total. The molecular weight excluding hydrogens is 374 g/mol. The second-order valence-electron chi connectivity index (χ2n) is 6.77. The predicted molar refractivity (Wildman–Crippen MR) is 99.1 cm³/mol. The molecule has 2 aromatic rings. The molecule has 0 radical (unpaired) electrons. The van der Waals surface area contributed by atoms with Crippen molar-refractivity contribution < 1.29 is 22.0 Å². The van der Waals surface area contributed by atoms with Gasteiger partial charge in [0.2, 0.25) is 5.91 Å². The van der Waals surface area contributed by atoms with E-state index in [-0.39, 0.29) is 17.5 Å². The maximum atomic E-state index is 13.9. The van der Waals surface area contributed by atoms with Crippen LogP contribution in [0.3, 0.4) is 0 Å². The van der Waals surface area contributed by atoms with Crippen molar-refractivity contribution in [3.8, 4) is 0 Å². The second-order valence-corrected chi connectivity index (χ2v) is 8.42. The van der Waals surface area contributed by atoms with Gasteiger partial charge in [0.05, 0.1) is 5.69 Å². The Morgan fingerprint density at radius 2 is 1.89 bits per heavy atom. The summed E-state index contributed by atoms with van der Waals surface area (Å²) in [6, 6.07) is 7.18. The number of hydrogen-bond acceptors (Lipinski definition) is 3. The van der Waals surface area contributed by atoms with E-state index in [4.69, 9.17) is 0 Å². The standard InChI is InChI=1S/C19H20F2N2O3S/c1-12(2)19(24)23-9-3-4-13-5-7-15(11-17(13)23)22-27(25,26)18-8-6-14(20)10-16(18)21/h5-8,10-12,22H,3-4,9H2,1-2H3. The number of carbonyl (C=O) groups excluding carboxylic acids is 1. The van der Waals surface area contributed by atoms with Crippen LogP contribution < -0.4 is 9.62 Å². The van der Waals surface area contributed by atoms with Crippen molar-refractivity contribution in [3.05, 3.63) is 53.6 Å². The molecule has 0 aliphatic carbocycles. The average molecular weight is 394 g/mol. The minimum absolute atomic E-state index is 0.0412. The number of nitrogens with zero attached hydrogens (tertiary/aromatic N) is 1. The predicted octanol–water partition coefficient (Wildman–Crippen LogP) is 3.70. The fourth-order valence-corrected chi connectivity index (χ4v) is 4.19. The van der Waals surface area contributed by atoms with Gasteiger partial charge in [-0.15, -0.1) is 0 Å². The van der Waals surface area contributed by atoms with Crippen LogP contribution in [0.25, 0.3) is 0 Å². The van der Waals surface area contributed by atoms with E-state index in [1.165, 1.54) is 0 Å². The number of anilines is 2. The Morgan fingerprint density at radius 3 is 2.56 bits per heavy atom. The molecule has 2 aromatic carbocycles. The third kappa shape index (κ3) is 3.95. The minimum Gasteiger partial charge on any atom is -0.312 e. The SMILES string of the molecule is CC(C)C(=O)N1CCCc2ccc(NS(=O)(=O)c3ccc(F)cc3F)cc21. The Balaban J connectivity index is 1.95. The van der Waals surface area contributed by atoms with Crippen LogP contribution >= 0.6 is 0 Å². The van der Waals surface area contributed by atoms with E-state index in [9.17, 15) is 22.0 Å². The van der Waals surface area contributed by atoms with Crippen LogP contribution in [0.1, 0.15) is 25.8 Å². The van der Waals surface area contributed by atoms with Gasteiger partial charge < -0.3 is 4.90 Å². The summed E-state index contributed by atoms with van der Waals surface area (Å²) in [6.07, 6.45) is 1.62. The van der Waals surface area contributed by atoms with Crippen LogP contribution in [0.4, 0.5) is 20.2 Å². The summed E-state index contributed by atoms with van der Waals surface area (Å²) in [4.78, 5) is 13.5. The van der Waals surface area contributed by atoms with E-state index in [1.807, 2.05) is 0 Å². The molecule has 0 spiro atoms. The zero-order valence-electron chi connectivity index (χ0n) is 15.0. The molecule has 0 fully saturated rings. The first kappa shape index (κ1) is 19.3. The van der Waals surface area contributed by atoms with Gasteiger partial charge in [0, 0.05) is 24.2 Å². The van der Waals surface area contributed by atoms with Crippen LogP contribution in [-0.2, 0) is 21.2 Å². The largest absolute Gasteiger partial charge is 0.312 e. The molecule has 0 saturated heterocycles. The van der Waals surface area contributed by atoms with Crippen LogP contribution in [0.2, 0.25) is 0 Å². The van der Waals surface area contributed by atoms with Crippen molar-refractivity contribution in [1.82, 2.24) is 0 Å². The van der Waals surface area contributed by atoms with Crippen molar-refractivity contribution in [2.24, 2.45) is 5.92 Å². The molecule has 8 heteroatoms. The van der Waals surface area contributed by atoms with Crippen molar-refractivity contribution in [3.63, 3.8) is 0 Å². The molecular formula is C19H20F2N2O3S. The van der Waals surface area contributed by atoms with E-state index >= 15 is 0 Å². The normalized spacial score (nSPS) is 14.2. The maximum Gasteiger partial charge on any atom is 0.264 e. The average Bonchev–Trinajstić information content (AvgIpc) is 2.59. The molecule has 0 atom stereocenters. The molecule has 0 unspecified atom stereocenters. The first-order valence-corrected chi connectivity index (χ1v) is 10.1. The number of aryl methyl sites for hydroxylation is 1. The third-order valence-electron chi connectivity index (χ3n) is 4.40. The van der Waals surface area contributed by atoms with Crippen molar-refractivity contribution in [2.45, 2.75) is 31.6 Å². The Bertz CT molecular complexity index is 990. The topological polar surface area (TPSA) is 66.5 Å². The third-order valence-corrected chi connectivity index (χ3v) is 5.81. The smallest absolute Gasteiger partial charge is 0.264 e. The lowest BCUT2D eigenvalue weighted by atomic mass is 9.99. The highest BCUT2D eigenvalue weighted by Gasteiger charge is 2.26. The number of carbonyl (C=O) groups is 1. The summed E-state index contributed by atoms with van der Waals surface area (Å²) in [5.74, 6) is -2.26. The van der Waals surface area contributed by atoms with E-state index in [0.29, 0.717) is 18.3 Å². The first-order chi connectivity index (χ1) is 12.7. The zero-order chi connectivity index (χ0) is 19.8. The number of amides is 1. The fourth-order valence-electron chi connectivity index (χ4n) is 3.08. The Morgan fingerprint density at radius 1 is 1.15 bits per heavy atom. The van der Waals surface area contributed by atoms with E-state index < -0.39 is 26.6 Å². The van der Waals surface area contributed by atoms with Gasteiger partial charge in [0.1, 0.15) is 16.5 Å². The summed E-state index contributed by atoms with van der Waals surface area (Å²) in [5.41, 5.74) is 1.81. The minimum atomic E-state index is -4.24. The van der Waals surface area contributed by atoms with Gasteiger partial charge in [-0.2, -0.15) is 0 Å². The summed E-state index contributed by atoms with van der Waals surface area (Å²) in [7, 11) is -4.24. The van der Waals surface area contributed by atoms with Crippen LogP contribution in [-0.4, -0.2) is 20.9 Å². The zero-order valence-corrected chi connectivity index (χ0v) is 15.8. The summed E-state index contributed by atoms with van der Waals surface area (Å²) >= 11 is 0. The molecule has 1 amide bonds. The summed E-state index contributed by atoms with van der Waals surface area (Å²) < 4.78 is 54.2. The van der Waals surface area contributed by atoms with Gasteiger partial charge in [0.25, 0.3) is 10.0 Å². The highest BCUT2D eigenvalue weighted by Crippen LogP contribution is 2.32. The lowest BCUT2D eigenvalue weighted by Crippen LogP contribution is -2.38. The van der Waals surface area contributed by atoms with E-state index in [2.05, 4.69) is 4.72 Å². The van der Waals surface area contributed by atoms with E-state index in [0.717, 1.165) is 30.5 Å². The monoisotopic (exact) mass is 394 g/mol. The molecule has 27 heavy (non-hydrogen) atoms. The molecule has 1 aliphatic rings. The molecule has 3 rings (SSSR count). The van der Waals surface area contributed by atoms with Gasteiger partial charge in [-0.1, -0.05) is 19.9 Å². The quantitative estimate of drug-likeness (QED) is 0.860. The Labute approximate surface area is 157 Å². The molecule has 0 bridgehead atoms. The van der Waals surface area contributed by atoms with Crippen LogP contribution in [0.5, 0.6) is 0 Å². The molecule has 144 valence electrons. The molecule has 1 aliphatic heterocycles. The molecule has 1 N–H and O–H groups in total. The van der Waals surface area contributed by atoms with Crippen LogP contribution in [0, 0.1) is 17.6 Å². The van der Waals surface area contributed by atoms with Crippen molar-refractivity contribution in [2.75, 3.05) is 16.2 Å². The Hall–Kier alpha value is -2.48. The summed E-state index contributed by atoms with van der Waals surface area (Å²) in [5, 5.41) is 0. The van der Waals surface area contributed by atoms with Gasteiger partial charge in [0.15, 0.2) is 0 Å². The Kier molecular flexibility index (Phi) is 5.19. The summed E-state index contributed by atoms with van der Waals surface area (Å²) in [6.45, 7) is 4.17. The number of rotatable bonds is 4. The number of fused-ring (bicyclic) bond motifs is 1. The number of halogens is 2. The van der Waals surface area contributed by atoms with E-state index in [1.54, 1.807) is 36.9 Å². The number of hydrogen-bond donors (Lipinski definition) is 1. The number of sulfonamides is 1. The van der Waals surface area contributed by atoms with Gasteiger partial charge in [-0.05, 0) is 42.7 Å². The molecule has 1 heterocycles. The van der Waals surface area contributed by atoms with Gasteiger partial charge in [-0.3, -0.25) is 9.52 Å². The molecule has 0 aromatic heterocycles. The number of nitrogens with one attached hydrogen (secondary N) is 1. The van der Waals surface area contributed by atoms with Crippen LogP contribution in [0.15, 0.2) is 41.3 Å². The fraction of sp³-hybridized carbons (Fsp3) is 0.316.